The SMILES string of the molecule is CC(C)NC(=O)C(C)N1C(C)CCC1C. The minimum atomic E-state index is -0.0000926. The lowest BCUT2D eigenvalue weighted by molar-refractivity contribution is -0.127. The summed E-state index contributed by atoms with van der Waals surface area (Å²) in [6.07, 6.45) is 2.42. The van der Waals surface area contributed by atoms with E-state index in [2.05, 4.69) is 24.1 Å². The van der Waals surface area contributed by atoms with Crippen molar-refractivity contribution < 1.29 is 4.79 Å². The summed E-state index contributed by atoms with van der Waals surface area (Å²) in [6.45, 7) is 10.4. The maximum atomic E-state index is 11.9. The molecule has 3 atom stereocenters. The van der Waals surface area contributed by atoms with E-state index in [0.717, 1.165) is 0 Å². The van der Waals surface area contributed by atoms with Crippen LogP contribution in [0.2, 0.25) is 0 Å². The first kappa shape index (κ1) is 12.5. The Morgan fingerprint density at radius 2 is 1.67 bits per heavy atom. The van der Waals surface area contributed by atoms with Gasteiger partial charge >= 0.3 is 0 Å². The third kappa shape index (κ3) is 2.94. The van der Waals surface area contributed by atoms with Gasteiger partial charge in [-0.1, -0.05) is 0 Å². The van der Waals surface area contributed by atoms with Crippen LogP contribution < -0.4 is 5.32 Å². The fourth-order valence-corrected chi connectivity index (χ4v) is 2.52. The Kier molecular flexibility index (Phi) is 4.14. The second-order valence-electron chi connectivity index (χ2n) is 5.06. The molecule has 1 aliphatic heterocycles. The van der Waals surface area contributed by atoms with Gasteiger partial charge in [-0.15, -0.1) is 0 Å². The largest absolute Gasteiger partial charge is 0.353 e. The van der Waals surface area contributed by atoms with Crippen molar-refractivity contribution in [3.05, 3.63) is 0 Å². The number of carbonyl (C=O) groups excluding carboxylic acids is 1. The molecular weight excluding hydrogens is 188 g/mol. The van der Waals surface area contributed by atoms with E-state index < -0.39 is 0 Å². The van der Waals surface area contributed by atoms with Crippen LogP contribution in [0.15, 0.2) is 0 Å². The summed E-state index contributed by atoms with van der Waals surface area (Å²) in [5, 5.41) is 2.98. The first-order valence-electron chi connectivity index (χ1n) is 6.01. The zero-order valence-electron chi connectivity index (χ0n) is 10.6. The lowest BCUT2D eigenvalue weighted by Crippen LogP contribution is -2.50. The molecule has 3 unspecified atom stereocenters. The highest BCUT2D eigenvalue weighted by Gasteiger charge is 2.34. The fraction of sp³-hybridized carbons (Fsp3) is 0.917. The molecule has 1 fully saturated rings. The van der Waals surface area contributed by atoms with E-state index in [4.69, 9.17) is 0 Å². The Morgan fingerprint density at radius 1 is 1.20 bits per heavy atom. The number of rotatable bonds is 3. The summed E-state index contributed by atoms with van der Waals surface area (Å²) < 4.78 is 0. The van der Waals surface area contributed by atoms with Gasteiger partial charge in [0.1, 0.15) is 0 Å². The maximum Gasteiger partial charge on any atom is 0.237 e. The Hall–Kier alpha value is -0.570. The van der Waals surface area contributed by atoms with Crippen molar-refractivity contribution in [3.63, 3.8) is 0 Å². The van der Waals surface area contributed by atoms with Crippen LogP contribution >= 0.6 is 0 Å². The van der Waals surface area contributed by atoms with E-state index in [-0.39, 0.29) is 18.0 Å². The maximum absolute atomic E-state index is 11.9. The zero-order chi connectivity index (χ0) is 11.6. The van der Waals surface area contributed by atoms with E-state index in [0.29, 0.717) is 12.1 Å². The van der Waals surface area contributed by atoms with Crippen molar-refractivity contribution >= 4 is 5.91 Å². The number of amides is 1. The standard InChI is InChI=1S/C12H24N2O/c1-8(2)13-12(15)11(5)14-9(3)6-7-10(14)4/h8-11H,6-7H2,1-5H3,(H,13,15). The van der Waals surface area contributed by atoms with Crippen LogP contribution in [-0.2, 0) is 4.79 Å². The van der Waals surface area contributed by atoms with Crippen molar-refractivity contribution in [2.75, 3.05) is 0 Å². The van der Waals surface area contributed by atoms with E-state index >= 15 is 0 Å². The molecule has 1 aliphatic rings. The lowest BCUT2D eigenvalue weighted by Gasteiger charge is -2.32. The quantitative estimate of drug-likeness (QED) is 0.773. The van der Waals surface area contributed by atoms with Crippen LogP contribution in [0.5, 0.6) is 0 Å². The molecule has 0 aromatic rings. The van der Waals surface area contributed by atoms with Crippen LogP contribution in [0.25, 0.3) is 0 Å². The summed E-state index contributed by atoms with van der Waals surface area (Å²) in [5.74, 6) is 0.158. The van der Waals surface area contributed by atoms with Gasteiger partial charge in [0.15, 0.2) is 0 Å². The Labute approximate surface area is 93.2 Å². The average molecular weight is 212 g/mol. The second kappa shape index (κ2) is 4.97. The smallest absolute Gasteiger partial charge is 0.237 e. The Morgan fingerprint density at radius 3 is 2.07 bits per heavy atom. The molecule has 0 bridgehead atoms. The van der Waals surface area contributed by atoms with Crippen LogP contribution in [-0.4, -0.2) is 35.0 Å². The monoisotopic (exact) mass is 212 g/mol. The van der Waals surface area contributed by atoms with Crippen molar-refractivity contribution in [2.24, 2.45) is 0 Å². The number of hydrogen-bond acceptors (Lipinski definition) is 2. The van der Waals surface area contributed by atoms with Crippen LogP contribution in [0, 0.1) is 0 Å². The van der Waals surface area contributed by atoms with Gasteiger partial charge in [0.25, 0.3) is 0 Å². The summed E-state index contributed by atoms with van der Waals surface area (Å²) in [7, 11) is 0. The molecule has 15 heavy (non-hydrogen) atoms. The number of likely N-dealkylation sites (tertiary alicyclic amines) is 1. The van der Waals surface area contributed by atoms with E-state index in [1.165, 1.54) is 12.8 Å². The van der Waals surface area contributed by atoms with Gasteiger partial charge in [0, 0.05) is 18.1 Å². The van der Waals surface area contributed by atoms with Gasteiger partial charge in [-0.3, -0.25) is 9.69 Å². The molecule has 1 saturated heterocycles. The Balaban J connectivity index is 2.58. The van der Waals surface area contributed by atoms with Gasteiger partial charge in [-0.2, -0.15) is 0 Å². The molecule has 0 aromatic carbocycles. The normalized spacial score (nSPS) is 29.5. The van der Waals surface area contributed by atoms with Crippen molar-refractivity contribution in [2.45, 2.75) is 71.6 Å². The molecule has 1 rings (SSSR count). The minimum Gasteiger partial charge on any atom is -0.353 e. The molecule has 3 heteroatoms. The highest BCUT2D eigenvalue weighted by Crippen LogP contribution is 2.25. The van der Waals surface area contributed by atoms with Gasteiger partial charge < -0.3 is 5.32 Å². The van der Waals surface area contributed by atoms with E-state index in [1.807, 2.05) is 20.8 Å². The summed E-state index contributed by atoms with van der Waals surface area (Å²) in [5.41, 5.74) is 0. The Bertz CT molecular complexity index is 218. The third-order valence-electron chi connectivity index (χ3n) is 3.28. The molecule has 1 heterocycles. The summed E-state index contributed by atoms with van der Waals surface area (Å²) in [6, 6.07) is 1.30. The number of hydrogen-bond donors (Lipinski definition) is 1. The molecule has 1 N–H and O–H groups in total. The average Bonchev–Trinajstić information content (AvgIpc) is 2.44. The molecule has 0 aromatic heterocycles. The van der Waals surface area contributed by atoms with E-state index in [9.17, 15) is 4.79 Å². The topological polar surface area (TPSA) is 32.3 Å². The van der Waals surface area contributed by atoms with Crippen LogP contribution in [0.1, 0.15) is 47.5 Å². The molecule has 88 valence electrons. The predicted octanol–water partition coefficient (Wildman–Crippen LogP) is 1.77. The third-order valence-corrected chi connectivity index (χ3v) is 3.28. The highest BCUT2D eigenvalue weighted by molar-refractivity contribution is 5.81. The molecule has 0 saturated carbocycles. The van der Waals surface area contributed by atoms with E-state index in [1.54, 1.807) is 0 Å². The van der Waals surface area contributed by atoms with Crippen LogP contribution in [0.4, 0.5) is 0 Å². The number of carbonyl (C=O) groups is 1. The van der Waals surface area contributed by atoms with Gasteiger partial charge in [-0.25, -0.2) is 0 Å². The van der Waals surface area contributed by atoms with Crippen molar-refractivity contribution in [1.29, 1.82) is 0 Å². The van der Waals surface area contributed by atoms with Gasteiger partial charge in [0.05, 0.1) is 6.04 Å². The van der Waals surface area contributed by atoms with Crippen LogP contribution in [0.3, 0.4) is 0 Å². The molecule has 1 amide bonds. The second-order valence-corrected chi connectivity index (χ2v) is 5.06. The molecule has 3 nitrogen and oxygen atoms in total. The molecule has 0 spiro atoms. The fourth-order valence-electron chi connectivity index (χ4n) is 2.52. The predicted molar refractivity (Wildman–Crippen MR) is 62.7 cm³/mol. The van der Waals surface area contributed by atoms with Crippen molar-refractivity contribution in [3.8, 4) is 0 Å². The molecular formula is C12H24N2O. The first-order valence-corrected chi connectivity index (χ1v) is 6.01. The highest BCUT2D eigenvalue weighted by atomic mass is 16.2. The van der Waals surface area contributed by atoms with Gasteiger partial charge in [0.2, 0.25) is 5.91 Å². The molecule has 0 radical (unpaired) electrons. The summed E-state index contributed by atoms with van der Waals surface area (Å²) >= 11 is 0. The number of nitrogens with zero attached hydrogens (tertiary/aromatic N) is 1. The summed E-state index contributed by atoms with van der Waals surface area (Å²) in [4.78, 5) is 14.2. The number of nitrogens with one attached hydrogen (secondary N) is 1. The minimum absolute atomic E-state index is 0.0000926. The zero-order valence-corrected chi connectivity index (χ0v) is 10.6. The first-order chi connectivity index (χ1) is 6.93. The molecule has 0 aliphatic carbocycles. The lowest BCUT2D eigenvalue weighted by atomic mass is 10.2. The van der Waals surface area contributed by atoms with Gasteiger partial charge in [-0.05, 0) is 47.5 Å². The van der Waals surface area contributed by atoms with Crippen molar-refractivity contribution in [1.82, 2.24) is 10.2 Å².